The lowest BCUT2D eigenvalue weighted by molar-refractivity contribution is 0.0935. The van der Waals surface area contributed by atoms with Gasteiger partial charge in [-0.2, -0.15) is 0 Å². The maximum absolute atomic E-state index is 14.1. The maximum atomic E-state index is 14.1. The number of carbonyl (C=O) groups is 1. The molecule has 1 aliphatic heterocycles. The largest absolute Gasteiger partial charge is 0.493 e. The molecule has 2 aromatic carbocycles. The number of fused-ring (bicyclic) bond motifs is 2. The molecule has 1 N–H and O–H groups in total. The van der Waals surface area contributed by atoms with Crippen molar-refractivity contribution in [3.8, 4) is 5.75 Å². The minimum atomic E-state index is -0.564. The molecule has 0 saturated carbocycles. The maximum Gasteiger partial charge on any atom is 0.254 e. The molecule has 1 aliphatic rings. The summed E-state index contributed by atoms with van der Waals surface area (Å²) in [5.74, 6) is -0.911. The van der Waals surface area contributed by atoms with Crippen LogP contribution in [0.3, 0.4) is 0 Å². The highest BCUT2D eigenvalue weighted by Crippen LogP contribution is 2.32. The number of hydrogen-bond acceptors (Lipinski definition) is 4. The van der Waals surface area contributed by atoms with Crippen LogP contribution in [-0.4, -0.2) is 22.5 Å². The average molecular weight is 383 g/mol. The third-order valence-electron chi connectivity index (χ3n) is 4.94. The molecule has 1 amide bonds. The molecular formula is C21H19F2N3O2. The highest BCUT2D eigenvalue weighted by atomic mass is 19.1. The van der Waals surface area contributed by atoms with Gasteiger partial charge in [-0.15, -0.1) is 0 Å². The van der Waals surface area contributed by atoms with Gasteiger partial charge >= 0.3 is 0 Å². The van der Waals surface area contributed by atoms with Crippen molar-refractivity contribution in [3.05, 3.63) is 64.5 Å². The summed E-state index contributed by atoms with van der Waals surface area (Å²) in [7, 11) is 0. The molecule has 1 aromatic heterocycles. The van der Waals surface area contributed by atoms with Gasteiger partial charge in [0.05, 0.1) is 35.1 Å². The van der Waals surface area contributed by atoms with Crippen LogP contribution in [0.5, 0.6) is 5.75 Å². The Hall–Kier alpha value is -3.09. The molecule has 0 spiro atoms. The molecule has 0 saturated heterocycles. The van der Waals surface area contributed by atoms with Gasteiger partial charge in [0.15, 0.2) is 0 Å². The number of aryl methyl sites for hydroxylation is 2. The highest BCUT2D eigenvalue weighted by Gasteiger charge is 2.24. The van der Waals surface area contributed by atoms with Gasteiger partial charge in [0.2, 0.25) is 0 Å². The van der Waals surface area contributed by atoms with Crippen molar-refractivity contribution in [2.24, 2.45) is 0 Å². The van der Waals surface area contributed by atoms with Gasteiger partial charge in [-0.3, -0.25) is 4.79 Å². The molecule has 1 atom stereocenters. The zero-order valence-electron chi connectivity index (χ0n) is 15.6. The van der Waals surface area contributed by atoms with Crippen LogP contribution in [-0.2, 0) is 0 Å². The zero-order valence-corrected chi connectivity index (χ0v) is 15.6. The summed E-state index contributed by atoms with van der Waals surface area (Å²) >= 11 is 0. The summed E-state index contributed by atoms with van der Waals surface area (Å²) < 4.78 is 33.5. The van der Waals surface area contributed by atoms with E-state index in [0.717, 1.165) is 6.07 Å². The Bertz CT molecular complexity index is 1080. The van der Waals surface area contributed by atoms with Crippen LogP contribution in [0.2, 0.25) is 0 Å². The van der Waals surface area contributed by atoms with E-state index >= 15 is 0 Å². The number of carbonyl (C=O) groups excluding carboxylic acids is 1. The first-order valence-corrected chi connectivity index (χ1v) is 9.10. The van der Waals surface area contributed by atoms with E-state index in [-0.39, 0.29) is 5.56 Å². The topological polar surface area (TPSA) is 64.1 Å². The first kappa shape index (κ1) is 18.3. The smallest absolute Gasteiger partial charge is 0.254 e. The van der Waals surface area contributed by atoms with E-state index in [2.05, 4.69) is 15.3 Å². The van der Waals surface area contributed by atoms with E-state index in [1.165, 1.54) is 18.2 Å². The molecule has 5 nitrogen and oxygen atoms in total. The molecule has 4 rings (SSSR count). The highest BCUT2D eigenvalue weighted by molar-refractivity contribution is 6.05. The Kier molecular flexibility index (Phi) is 4.66. The lowest BCUT2D eigenvalue weighted by Gasteiger charge is -2.19. The number of aromatic nitrogens is 2. The molecular weight excluding hydrogens is 364 g/mol. The van der Waals surface area contributed by atoms with Crippen LogP contribution in [0.15, 0.2) is 30.3 Å². The van der Waals surface area contributed by atoms with Crippen molar-refractivity contribution in [1.82, 2.24) is 15.3 Å². The van der Waals surface area contributed by atoms with E-state index in [9.17, 15) is 13.6 Å². The van der Waals surface area contributed by atoms with Gasteiger partial charge < -0.3 is 10.1 Å². The third kappa shape index (κ3) is 3.40. The fourth-order valence-corrected chi connectivity index (χ4v) is 3.40. The van der Waals surface area contributed by atoms with Crippen LogP contribution < -0.4 is 10.1 Å². The summed E-state index contributed by atoms with van der Waals surface area (Å²) in [6.07, 6.45) is 1.28. The molecule has 3 aromatic rings. The third-order valence-corrected chi connectivity index (χ3v) is 4.94. The second kappa shape index (κ2) is 7.14. The standard InChI is InChI=1S/C21H19F2N3O2/c1-11-12(2)25-20-16(9-14(23)10-18(20)24-11)21(27)26-17-4-3-7-28-19-6-5-13(22)8-15(17)19/h5-6,8-10,17H,3-4,7H2,1-2H3,(H,26,27)/t17-/m0/s1. The number of ether oxygens (including phenoxy) is 1. The normalized spacial score (nSPS) is 16.2. The summed E-state index contributed by atoms with van der Waals surface area (Å²) in [6, 6.07) is 6.21. The number of benzene rings is 2. The Balaban J connectivity index is 1.73. The summed E-state index contributed by atoms with van der Waals surface area (Å²) in [5.41, 5.74) is 2.69. The van der Waals surface area contributed by atoms with E-state index in [1.807, 2.05) is 0 Å². The lowest BCUT2D eigenvalue weighted by Crippen LogP contribution is -2.29. The van der Waals surface area contributed by atoms with Crippen molar-refractivity contribution in [2.75, 3.05) is 6.61 Å². The van der Waals surface area contributed by atoms with Crippen LogP contribution in [0.25, 0.3) is 11.0 Å². The predicted octanol–water partition coefficient (Wildman–Crippen LogP) is 4.17. The molecule has 0 bridgehead atoms. The van der Waals surface area contributed by atoms with Gasteiger partial charge in [0.1, 0.15) is 22.9 Å². The zero-order chi connectivity index (χ0) is 19.8. The number of hydrogen-bond donors (Lipinski definition) is 1. The Morgan fingerprint density at radius 1 is 1.11 bits per heavy atom. The van der Waals surface area contributed by atoms with Gasteiger partial charge in [0, 0.05) is 11.6 Å². The molecule has 0 fully saturated rings. The first-order valence-electron chi connectivity index (χ1n) is 9.10. The van der Waals surface area contributed by atoms with Crippen LogP contribution in [0.1, 0.15) is 46.2 Å². The molecule has 0 aliphatic carbocycles. The minimum Gasteiger partial charge on any atom is -0.493 e. The average Bonchev–Trinajstić information content (AvgIpc) is 2.84. The Labute approximate surface area is 160 Å². The second-order valence-electron chi connectivity index (χ2n) is 6.91. The van der Waals surface area contributed by atoms with Crippen molar-refractivity contribution in [1.29, 1.82) is 0 Å². The molecule has 0 unspecified atom stereocenters. The van der Waals surface area contributed by atoms with E-state index in [0.29, 0.717) is 53.2 Å². The summed E-state index contributed by atoms with van der Waals surface area (Å²) in [4.78, 5) is 21.8. The number of nitrogens with zero attached hydrogens (tertiary/aromatic N) is 2. The van der Waals surface area contributed by atoms with Crippen LogP contribution in [0, 0.1) is 25.5 Å². The van der Waals surface area contributed by atoms with Crippen LogP contribution >= 0.6 is 0 Å². The minimum absolute atomic E-state index is 0.105. The monoisotopic (exact) mass is 383 g/mol. The number of amides is 1. The van der Waals surface area contributed by atoms with E-state index in [4.69, 9.17) is 4.74 Å². The lowest BCUT2D eigenvalue weighted by atomic mass is 10.0. The quantitative estimate of drug-likeness (QED) is 0.721. The van der Waals surface area contributed by atoms with Gasteiger partial charge in [-0.05, 0) is 51.0 Å². The van der Waals surface area contributed by atoms with E-state index < -0.39 is 23.6 Å². The molecule has 7 heteroatoms. The Morgan fingerprint density at radius 2 is 1.89 bits per heavy atom. The number of nitrogens with one attached hydrogen (secondary N) is 1. The summed E-state index contributed by atoms with van der Waals surface area (Å²) in [6.45, 7) is 4.05. The second-order valence-corrected chi connectivity index (χ2v) is 6.91. The molecule has 144 valence electrons. The van der Waals surface area contributed by atoms with E-state index in [1.54, 1.807) is 19.9 Å². The SMILES string of the molecule is Cc1nc2cc(F)cc(C(=O)N[C@H]3CCCOc4ccc(F)cc43)c2nc1C. The summed E-state index contributed by atoms with van der Waals surface area (Å²) in [5, 5.41) is 2.89. The van der Waals surface area contributed by atoms with Crippen molar-refractivity contribution >= 4 is 16.9 Å². The number of rotatable bonds is 2. The fraction of sp³-hybridized carbons (Fsp3) is 0.286. The molecule has 0 radical (unpaired) electrons. The Morgan fingerprint density at radius 3 is 2.71 bits per heavy atom. The van der Waals surface area contributed by atoms with Gasteiger partial charge in [-0.1, -0.05) is 0 Å². The first-order chi connectivity index (χ1) is 13.4. The molecule has 2 heterocycles. The predicted molar refractivity (Wildman–Crippen MR) is 100 cm³/mol. The fourth-order valence-electron chi connectivity index (χ4n) is 3.40. The van der Waals surface area contributed by atoms with Gasteiger partial charge in [0.25, 0.3) is 5.91 Å². The van der Waals surface area contributed by atoms with Crippen molar-refractivity contribution in [3.63, 3.8) is 0 Å². The van der Waals surface area contributed by atoms with Crippen molar-refractivity contribution in [2.45, 2.75) is 32.7 Å². The van der Waals surface area contributed by atoms with Gasteiger partial charge in [-0.25, -0.2) is 18.7 Å². The molecule has 28 heavy (non-hydrogen) atoms. The van der Waals surface area contributed by atoms with Crippen molar-refractivity contribution < 1.29 is 18.3 Å². The van der Waals surface area contributed by atoms with Crippen LogP contribution in [0.4, 0.5) is 8.78 Å². The number of halogens is 2.